The molecule has 188 valence electrons. The number of amides is 2. The Hall–Kier alpha value is -2.45. The molecule has 35 heavy (non-hydrogen) atoms. The monoisotopic (exact) mass is 478 g/mol. The number of rotatable bonds is 4. The molecule has 1 aliphatic carbocycles. The van der Waals surface area contributed by atoms with Gasteiger partial charge in [-0.1, -0.05) is 0 Å². The molecule has 2 N–H and O–H groups in total. The number of hydrogen-bond donors (Lipinski definition) is 2. The number of benzene rings is 1. The van der Waals surface area contributed by atoms with Gasteiger partial charge in [-0.05, 0) is 68.6 Å². The zero-order chi connectivity index (χ0) is 24.2. The lowest BCUT2D eigenvalue weighted by Crippen LogP contribution is -2.56. The molecular formula is C27H38N6O2. The summed E-state index contributed by atoms with van der Waals surface area (Å²) in [5.74, 6) is 0.0747. The molecule has 1 saturated carbocycles. The summed E-state index contributed by atoms with van der Waals surface area (Å²) in [5, 5.41) is 11.7. The number of nitrogens with zero attached hydrogens (tertiary/aromatic N) is 4. The number of aryl methyl sites for hydroxylation is 1. The van der Waals surface area contributed by atoms with E-state index >= 15 is 0 Å². The highest BCUT2D eigenvalue weighted by atomic mass is 16.2. The van der Waals surface area contributed by atoms with E-state index in [0.29, 0.717) is 24.3 Å². The van der Waals surface area contributed by atoms with Crippen LogP contribution in [0.3, 0.4) is 0 Å². The maximum Gasteiger partial charge on any atom is 0.235 e. The van der Waals surface area contributed by atoms with Gasteiger partial charge < -0.3 is 10.2 Å². The van der Waals surface area contributed by atoms with Gasteiger partial charge in [-0.15, -0.1) is 0 Å². The van der Waals surface area contributed by atoms with Crippen molar-refractivity contribution >= 4 is 28.4 Å². The molecular weight excluding hydrogens is 440 g/mol. The summed E-state index contributed by atoms with van der Waals surface area (Å²) in [6.45, 7) is 9.27. The fourth-order valence-corrected chi connectivity index (χ4v) is 6.82. The molecule has 1 spiro atoms. The van der Waals surface area contributed by atoms with Crippen LogP contribution in [0.1, 0.15) is 57.1 Å². The first kappa shape index (κ1) is 23.0. The van der Waals surface area contributed by atoms with E-state index in [0.717, 1.165) is 42.1 Å². The number of piperidine rings is 1. The minimum Gasteiger partial charge on any atom is -0.369 e. The van der Waals surface area contributed by atoms with Gasteiger partial charge in [-0.2, -0.15) is 5.10 Å². The number of anilines is 1. The topological polar surface area (TPSA) is 82.5 Å². The van der Waals surface area contributed by atoms with Gasteiger partial charge in [0.2, 0.25) is 11.8 Å². The third-order valence-electron chi connectivity index (χ3n) is 9.22. The molecule has 3 aliphatic heterocycles. The zero-order valence-corrected chi connectivity index (χ0v) is 21.1. The van der Waals surface area contributed by atoms with Gasteiger partial charge in [0, 0.05) is 69.9 Å². The molecule has 0 bridgehead atoms. The van der Waals surface area contributed by atoms with Crippen LogP contribution in [-0.4, -0.2) is 71.8 Å². The quantitative estimate of drug-likeness (QED) is 0.657. The first-order valence-corrected chi connectivity index (χ1v) is 13.4. The number of imide groups is 1. The summed E-state index contributed by atoms with van der Waals surface area (Å²) in [7, 11) is 1.94. The van der Waals surface area contributed by atoms with E-state index in [4.69, 9.17) is 5.10 Å². The Bertz CT molecular complexity index is 1130. The van der Waals surface area contributed by atoms with E-state index in [1.807, 2.05) is 11.7 Å². The van der Waals surface area contributed by atoms with Crippen LogP contribution in [0.25, 0.3) is 10.9 Å². The van der Waals surface area contributed by atoms with Crippen molar-refractivity contribution in [3.63, 3.8) is 0 Å². The van der Waals surface area contributed by atoms with Crippen molar-refractivity contribution in [1.29, 1.82) is 0 Å². The zero-order valence-electron chi connectivity index (χ0n) is 21.1. The Morgan fingerprint density at radius 1 is 1.11 bits per heavy atom. The van der Waals surface area contributed by atoms with Gasteiger partial charge in [0.1, 0.15) is 0 Å². The molecule has 1 aromatic heterocycles. The van der Waals surface area contributed by atoms with Crippen molar-refractivity contribution in [2.24, 2.45) is 18.4 Å². The third kappa shape index (κ3) is 4.25. The second-order valence-corrected chi connectivity index (χ2v) is 11.6. The van der Waals surface area contributed by atoms with Gasteiger partial charge in [0.25, 0.3) is 0 Å². The van der Waals surface area contributed by atoms with Crippen molar-refractivity contribution < 1.29 is 9.59 Å². The van der Waals surface area contributed by atoms with Crippen LogP contribution in [0.15, 0.2) is 18.2 Å². The first-order chi connectivity index (χ1) is 16.9. The van der Waals surface area contributed by atoms with Crippen LogP contribution in [0.2, 0.25) is 0 Å². The van der Waals surface area contributed by atoms with Crippen LogP contribution in [0, 0.1) is 11.3 Å². The minimum atomic E-state index is -0.360. The van der Waals surface area contributed by atoms with Crippen LogP contribution in [-0.2, 0) is 16.6 Å². The van der Waals surface area contributed by atoms with Gasteiger partial charge >= 0.3 is 0 Å². The van der Waals surface area contributed by atoms with Gasteiger partial charge in [0.15, 0.2) is 0 Å². The Kier molecular flexibility index (Phi) is 5.84. The molecule has 3 saturated heterocycles. The minimum absolute atomic E-state index is 0.190. The third-order valence-corrected chi connectivity index (χ3v) is 9.22. The van der Waals surface area contributed by atoms with E-state index in [2.05, 4.69) is 45.6 Å². The summed E-state index contributed by atoms with van der Waals surface area (Å²) in [5.41, 5.74) is 3.69. The van der Waals surface area contributed by atoms with E-state index in [1.165, 1.54) is 51.0 Å². The summed E-state index contributed by atoms with van der Waals surface area (Å²) < 4.78 is 1.88. The standard InChI is InChI=1S/C27H38N6O2/c1-18-14-33(12-11-32(18)15-19-7-9-27(10-8-19)16-28-17-27)20-3-4-21-23(13-20)31(2)30-25(21)22-5-6-24(34)29-26(22)35/h3-4,13,18-19,22,28H,5-12,14-17H2,1-2H3,(H,29,34,35)/t18-,22?/m1/s1. The molecule has 8 nitrogen and oxygen atoms in total. The predicted molar refractivity (Wildman–Crippen MR) is 136 cm³/mol. The summed E-state index contributed by atoms with van der Waals surface area (Å²) in [6, 6.07) is 7.04. The number of aromatic nitrogens is 2. The Balaban J connectivity index is 1.11. The highest BCUT2D eigenvalue weighted by Gasteiger charge is 2.40. The van der Waals surface area contributed by atoms with Crippen molar-refractivity contribution in [2.45, 2.75) is 57.4 Å². The van der Waals surface area contributed by atoms with E-state index in [9.17, 15) is 9.59 Å². The van der Waals surface area contributed by atoms with E-state index in [-0.39, 0.29) is 17.7 Å². The highest BCUT2D eigenvalue weighted by Crippen LogP contribution is 2.42. The lowest BCUT2D eigenvalue weighted by molar-refractivity contribution is -0.134. The van der Waals surface area contributed by atoms with E-state index in [1.54, 1.807) is 0 Å². The average Bonchev–Trinajstić information content (AvgIpc) is 3.15. The van der Waals surface area contributed by atoms with Crippen molar-refractivity contribution in [3.8, 4) is 0 Å². The Morgan fingerprint density at radius 3 is 2.60 bits per heavy atom. The molecule has 4 fully saturated rings. The molecule has 8 heteroatoms. The Morgan fingerprint density at radius 2 is 1.91 bits per heavy atom. The van der Waals surface area contributed by atoms with Crippen LogP contribution >= 0.6 is 0 Å². The van der Waals surface area contributed by atoms with Crippen LogP contribution in [0.4, 0.5) is 5.69 Å². The largest absolute Gasteiger partial charge is 0.369 e. The maximum atomic E-state index is 12.4. The lowest BCUT2D eigenvalue weighted by atomic mass is 9.67. The van der Waals surface area contributed by atoms with Crippen molar-refractivity contribution in [2.75, 3.05) is 44.2 Å². The van der Waals surface area contributed by atoms with E-state index < -0.39 is 0 Å². The van der Waals surface area contributed by atoms with Gasteiger partial charge in [0.05, 0.1) is 17.1 Å². The number of hydrogen-bond acceptors (Lipinski definition) is 6. The summed E-state index contributed by atoms with van der Waals surface area (Å²) >= 11 is 0. The number of piperazine rings is 1. The summed E-state index contributed by atoms with van der Waals surface area (Å²) in [4.78, 5) is 29.2. The number of carbonyl (C=O) groups excluding carboxylic acids is 2. The fraction of sp³-hybridized carbons (Fsp3) is 0.667. The molecule has 2 aromatic rings. The van der Waals surface area contributed by atoms with Gasteiger partial charge in [-0.25, -0.2) is 0 Å². The maximum absolute atomic E-state index is 12.4. The number of carbonyl (C=O) groups is 2. The second kappa shape index (κ2) is 8.89. The van der Waals surface area contributed by atoms with Crippen molar-refractivity contribution in [1.82, 2.24) is 25.3 Å². The average molecular weight is 479 g/mol. The molecule has 4 heterocycles. The molecule has 2 amide bonds. The predicted octanol–water partition coefficient (Wildman–Crippen LogP) is 2.38. The number of fused-ring (bicyclic) bond motifs is 1. The molecule has 2 atom stereocenters. The SMILES string of the molecule is C[C@@H]1CN(c2ccc3c(C4CCC(=O)NC4=O)nn(C)c3c2)CCN1CC1CCC2(CC1)CNC2. The highest BCUT2D eigenvalue weighted by molar-refractivity contribution is 6.02. The lowest BCUT2D eigenvalue weighted by Gasteiger charge is -2.49. The molecule has 4 aliphatic rings. The van der Waals surface area contributed by atoms with Gasteiger partial charge in [-0.3, -0.25) is 24.5 Å². The number of nitrogens with one attached hydrogen (secondary N) is 2. The molecule has 6 rings (SSSR count). The summed E-state index contributed by atoms with van der Waals surface area (Å²) in [6.07, 6.45) is 6.49. The fourth-order valence-electron chi connectivity index (χ4n) is 6.82. The van der Waals surface area contributed by atoms with Crippen LogP contribution < -0.4 is 15.5 Å². The normalized spacial score (nSPS) is 27.9. The molecule has 0 radical (unpaired) electrons. The molecule has 1 aromatic carbocycles. The molecule has 1 unspecified atom stereocenters. The van der Waals surface area contributed by atoms with Crippen molar-refractivity contribution in [3.05, 3.63) is 23.9 Å². The Labute approximate surface area is 207 Å². The second-order valence-electron chi connectivity index (χ2n) is 11.6. The first-order valence-electron chi connectivity index (χ1n) is 13.4. The smallest absolute Gasteiger partial charge is 0.235 e. The van der Waals surface area contributed by atoms with Crippen LogP contribution in [0.5, 0.6) is 0 Å².